The molecule has 2 rings (SSSR count). The van der Waals surface area contributed by atoms with Gasteiger partial charge < -0.3 is 4.57 Å². The summed E-state index contributed by atoms with van der Waals surface area (Å²) < 4.78 is 1.82. The van der Waals surface area contributed by atoms with Crippen LogP contribution in [0.25, 0.3) is 10.9 Å². The second-order valence-corrected chi connectivity index (χ2v) is 3.57. The minimum Gasteiger partial charge on any atom is -0.347 e. The van der Waals surface area contributed by atoms with Gasteiger partial charge in [0.25, 0.3) is 0 Å². The summed E-state index contributed by atoms with van der Waals surface area (Å²) in [4.78, 5) is 15.3. The molecule has 0 fully saturated rings. The van der Waals surface area contributed by atoms with Crippen LogP contribution in [0.2, 0.25) is 5.15 Å². The highest BCUT2D eigenvalue weighted by Crippen LogP contribution is 2.25. The number of rotatable bonds is 1. The van der Waals surface area contributed by atoms with Gasteiger partial charge in [-0.1, -0.05) is 11.6 Å². The normalized spacial score (nSPS) is 10.8. The van der Waals surface area contributed by atoms with Crippen molar-refractivity contribution >= 4 is 28.3 Å². The Morgan fingerprint density at radius 2 is 2.29 bits per heavy atom. The second-order valence-electron chi connectivity index (χ2n) is 3.21. The van der Waals surface area contributed by atoms with E-state index in [1.165, 1.54) is 0 Å². The van der Waals surface area contributed by atoms with Gasteiger partial charge in [0.05, 0.1) is 5.52 Å². The summed E-state index contributed by atoms with van der Waals surface area (Å²) in [6.45, 7) is 1.54. The summed E-state index contributed by atoms with van der Waals surface area (Å²) in [5.74, 6) is 0.0397. The van der Waals surface area contributed by atoms with Crippen molar-refractivity contribution in [3.05, 3.63) is 29.2 Å². The average Bonchev–Trinajstić information content (AvgIpc) is 2.45. The number of hydrogen-bond donors (Lipinski definition) is 0. The Labute approximate surface area is 86.3 Å². The maximum atomic E-state index is 11.3. The molecule has 0 saturated heterocycles. The Kier molecular flexibility index (Phi) is 2.04. The fourth-order valence-corrected chi connectivity index (χ4v) is 1.88. The molecule has 0 aliphatic heterocycles. The van der Waals surface area contributed by atoms with Crippen LogP contribution < -0.4 is 0 Å². The molecule has 3 nitrogen and oxygen atoms in total. The van der Waals surface area contributed by atoms with E-state index in [1.807, 2.05) is 11.6 Å². The van der Waals surface area contributed by atoms with Crippen molar-refractivity contribution in [3.63, 3.8) is 0 Å². The third-order valence-electron chi connectivity index (χ3n) is 2.22. The maximum absolute atomic E-state index is 11.3. The van der Waals surface area contributed by atoms with Crippen molar-refractivity contribution in [1.82, 2.24) is 9.55 Å². The molecule has 0 saturated carbocycles. The van der Waals surface area contributed by atoms with Crippen molar-refractivity contribution in [2.75, 3.05) is 0 Å². The standard InChI is InChI=1S/C10H9ClN2O/c1-6(14)8-5-13(2)9-7(8)3-4-12-10(9)11/h3-5H,1-2H3. The highest BCUT2D eigenvalue weighted by Gasteiger charge is 2.12. The van der Waals surface area contributed by atoms with Gasteiger partial charge in [0.1, 0.15) is 0 Å². The number of aryl methyl sites for hydroxylation is 1. The lowest BCUT2D eigenvalue weighted by Gasteiger charge is -1.96. The summed E-state index contributed by atoms with van der Waals surface area (Å²) in [6.07, 6.45) is 3.39. The predicted octanol–water partition coefficient (Wildman–Crippen LogP) is 2.43. The number of Topliss-reactive ketones (excluding diaryl/α,β-unsaturated/α-hetero) is 1. The molecule has 0 atom stereocenters. The molecule has 0 aromatic carbocycles. The Bertz CT molecular complexity index is 516. The summed E-state index contributed by atoms with van der Waals surface area (Å²) in [7, 11) is 1.85. The molecule has 0 radical (unpaired) electrons. The molecule has 0 aliphatic carbocycles. The number of halogens is 1. The zero-order valence-corrected chi connectivity index (χ0v) is 8.67. The van der Waals surface area contributed by atoms with E-state index in [-0.39, 0.29) is 5.78 Å². The smallest absolute Gasteiger partial charge is 0.161 e. The largest absolute Gasteiger partial charge is 0.347 e. The van der Waals surface area contributed by atoms with Gasteiger partial charge in [-0.3, -0.25) is 4.79 Å². The van der Waals surface area contributed by atoms with E-state index >= 15 is 0 Å². The molecule has 14 heavy (non-hydrogen) atoms. The van der Waals surface area contributed by atoms with Gasteiger partial charge in [0, 0.05) is 30.4 Å². The van der Waals surface area contributed by atoms with Crippen LogP contribution in [0.4, 0.5) is 0 Å². The number of hydrogen-bond acceptors (Lipinski definition) is 2. The first-order chi connectivity index (χ1) is 6.61. The first-order valence-corrected chi connectivity index (χ1v) is 4.59. The van der Waals surface area contributed by atoms with Gasteiger partial charge in [-0.05, 0) is 13.0 Å². The first kappa shape index (κ1) is 9.21. The van der Waals surface area contributed by atoms with Crippen LogP contribution in [0.15, 0.2) is 18.5 Å². The van der Waals surface area contributed by atoms with E-state index in [9.17, 15) is 4.79 Å². The molecule has 0 bridgehead atoms. The SMILES string of the molecule is CC(=O)c1cn(C)c2c(Cl)nccc12. The fourth-order valence-electron chi connectivity index (χ4n) is 1.59. The molecular formula is C10H9ClN2O. The zero-order valence-electron chi connectivity index (χ0n) is 7.91. The van der Waals surface area contributed by atoms with Crippen LogP contribution in [-0.2, 0) is 7.05 Å². The summed E-state index contributed by atoms with van der Waals surface area (Å²) in [5, 5.41) is 1.29. The number of carbonyl (C=O) groups excluding carboxylic acids is 1. The minimum absolute atomic E-state index is 0.0397. The molecule has 2 aromatic heterocycles. The third-order valence-corrected chi connectivity index (χ3v) is 2.50. The van der Waals surface area contributed by atoms with E-state index in [4.69, 9.17) is 11.6 Å². The van der Waals surface area contributed by atoms with E-state index < -0.39 is 0 Å². The van der Waals surface area contributed by atoms with E-state index in [0.717, 1.165) is 10.9 Å². The monoisotopic (exact) mass is 208 g/mol. The molecule has 0 spiro atoms. The van der Waals surface area contributed by atoms with Crippen LogP contribution in [-0.4, -0.2) is 15.3 Å². The average molecular weight is 209 g/mol. The second kappa shape index (κ2) is 3.10. The molecular weight excluding hydrogens is 200 g/mol. The Morgan fingerprint density at radius 1 is 1.57 bits per heavy atom. The van der Waals surface area contributed by atoms with Crippen molar-refractivity contribution in [3.8, 4) is 0 Å². The van der Waals surface area contributed by atoms with E-state index in [0.29, 0.717) is 10.7 Å². The van der Waals surface area contributed by atoms with Gasteiger partial charge in [0.15, 0.2) is 10.9 Å². The van der Waals surface area contributed by atoms with Gasteiger partial charge in [0.2, 0.25) is 0 Å². The van der Waals surface area contributed by atoms with Crippen LogP contribution in [0.3, 0.4) is 0 Å². The lowest BCUT2D eigenvalue weighted by atomic mass is 10.1. The lowest BCUT2D eigenvalue weighted by Crippen LogP contribution is -1.88. The van der Waals surface area contributed by atoms with Gasteiger partial charge in [-0.25, -0.2) is 4.98 Å². The molecule has 4 heteroatoms. The number of aromatic nitrogens is 2. The van der Waals surface area contributed by atoms with Crippen LogP contribution in [0.1, 0.15) is 17.3 Å². The maximum Gasteiger partial charge on any atom is 0.161 e. The molecule has 0 amide bonds. The van der Waals surface area contributed by atoms with Crippen molar-refractivity contribution in [2.24, 2.45) is 7.05 Å². The molecule has 0 N–H and O–H groups in total. The molecule has 2 heterocycles. The number of pyridine rings is 1. The summed E-state index contributed by atoms with van der Waals surface area (Å²) in [6, 6.07) is 1.80. The number of ketones is 1. The van der Waals surface area contributed by atoms with Crippen LogP contribution >= 0.6 is 11.6 Å². The Hall–Kier alpha value is -1.35. The minimum atomic E-state index is 0.0397. The van der Waals surface area contributed by atoms with E-state index in [2.05, 4.69) is 4.98 Å². The number of fused-ring (bicyclic) bond motifs is 1. The highest BCUT2D eigenvalue weighted by molar-refractivity contribution is 6.34. The number of carbonyl (C=O) groups is 1. The third kappa shape index (κ3) is 1.21. The van der Waals surface area contributed by atoms with Gasteiger partial charge in [-0.15, -0.1) is 0 Å². The number of nitrogens with zero attached hydrogens (tertiary/aromatic N) is 2. The summed E-state index contributed by atoms with van der Waals surface area (Å²) in [5.41, 5.74) is 1.49. The predicted molar refractivity (Wildman–Crippen MR) is 55.7 cm³/mol. The Balaban J connectivity index is 2.91. The highest BCUT2D eigenvalue weighted by atomic mass is 35.5. The Morgan fingerprint density at radius 3 is 2.93 bits per heavy atom. The quantitative estimate of drug-likeness (QED) is 0.533. The van der Waals surface area contributed by atoms with Crippen molar-refractivity contribution < 1.29 is 4.79 Å². The molecule has 0 aliphatic rings. The fraction of sp³-hybridized carbons (Fsp3) is 0.200. The van der Waals surface area contributed by atoms with Crippen LogP contribution in [0.5, 0.6) is 0 Å². The molecule has 0 unspecified atom stereocenters. The van der Waals surface area contributed by atoms with Gasteiger partial charge in [-0.2, -0.15) is 0 Å². The van der Waals surface area contributed by atoms with Crippen molar-refractivity contribution in [1.29, 1.82) is 0 Å². The van der Waals surface area contributed by atoms with Crippen LogP contribution in [0, 0.1) is 0 Å². The zero-order chi connectivity index (χ0) is 10.3. The molecule has 2 aromatic rings. The molecule has 72 valence electrons. The first-order valence-electron chi connectivity index (χ1n) is 4.21. The topological polar surface area (TPSA) is 34.9 Å². The van der Waals surface area contributed by atoms with E-state index in [1.54, 1.807) is 25.4 Å². The lowest BCUT2D eigenvalue weighted by molar-refractivity contribution is 0.101. The summed E-state index contributed by atoms with van der Waals surface area (Å²) >= 11 is 5.94. The van der Waals surface area contributed by atoms with Gasteiger partial charge >= 0.3 is 0 Å². The van der Waals surface area contributed by atoms with Crippen molar-refractivity contribution in [2.45, 2.75) is 6.92 Å².